The van der Waals surface area contributed by atoms with Crippen molar-refractivity contribution < 1.29 is 9.52 Å². The second-order valence-electron chi connectivity index (χ2n) is 4.44. The summed E-state index contributed by atoms with van der Waals surface area (Å²) >= 11 is 0. The Labute approximate surface area is 100 Å². The molecule has 0 fully saturated rings. The second kappa shape index (κ2) is 4.17. The van der Waals surface area contributed by atoms with Gasteiger partial charge in [0.25, 0.3) is 0 Å². The Balaban J connectivity index is 1.84. The second-order valence-corrected chi connectivity index (χ2v) is 4.44. The van der Waals surface area contributed by atoms with E-state index in [0.29, 0.717) is 11.8 Å². The van der Waals surface area contributed by atoms with E-state index in [1.807, 2.05) is 18.2 Å². The summed E-state index contributed by atoms with van der Waals surface area (Å²) < 4.78 is 5.46. The molecule has 1 aliphatic rings. The fourth-order valence-corrected chi connectivity index (χ4v) is 2.43. The molecule has 1 heterocycles. The molecule has 2 N–H and O–H groups in total. The molecule has 0 amide bonds. The van der Waals surface area contributed by atoms with Crippen LogP contribution in [0.4, 0.5) is 5.69 Å². The van der Waals surface area contributed by atoms with Crippen LogP contribution >= 0.6 is 0 Å². The van der Waals surface area contributed by atoms with Crippen LogP contribution in [0.2, 0.25) is 0 Å². The van der Waals surface area contributed by atoms with Gasteiger partial charge >= 0.3 is 0 Å². The molecule has 3 nitrogen and oxygen atoms in total. The summed E-state index contributed by atoms with van der Waals surface area (Å²) in [4.78, 5) is 0. The van der Waals surface area contributed by atoms with Crippen LogP contribution < -0.4 is 5.32 Å². The lowest BCUT2D eigenvalue weighted by molar-refractivity contribution is 0.461. The van der Waals surface area contributed by atoms with Crippen molar-refractivity contribution in [2.24, 2.45) is 0 Å². The average Bonchev–Trinajstić information content (AvgIpc) is 2.78. The highest BCUT2D eigenvalue weighted by Gasteiger charge is 2.22. The van der Waals surface area contributed by atoms with Crippen molar-refractivity contribution in [1.29, 1.82) is 0 Å². The summed E-state index contributed by atoms with van der Waals surface area (Å²) in [7, 11) is 0. The predicted octanol–water partition coefficient (Wildman–Crippen LogP) is 3.47. The first-order valence-corrected chi connectivity index (χ1v) is 5.95. The number of benzene rings is 1. The Bertz CT molecular complexity index is 518. The van der Waals surface area contributed by atoms with Crippen molar-refractivity contribution in [1.82, 2.24) is 0 Å². The fourth-order valence-electron chi connectivity index (χ4n) is 2.43. The largest absolute Gasteiger partial charge is 0.508 e. The van der Waals surface area contributed by atoms with Crippen molar-refractivity contribution in [3.8, 4) is 5.75 Å². The monoisotopic (exact) mass is 229 g/mol. The van der Waals surface area contributed by atoms with Gasteiger partial charge in [-0.05, 0) is 31.0 Å². The van der Waals surface area contributed by atoms with E-state index in [0.717, 1.165) is 30.7 Å². The number of aryl methyl sites for hydroxylation is 1. The van der Waals surface area contributed by atoms with E-state index >= 15 is 0 Å². The van der Waals surface area contributed by atoms with Crippen molar-refractivity contribution in [2.75, 3.05) is 5.32 Å². The molecule has 1 unspecified atom stereocenters. The highest BCUT2D eigenvalue weighted by Crippen LogP contribution is 2.33. The Morgan fingerprint density at radius 3 is 3.12 bits per heavy atom. The number of phenols is 1. The lowest BCUT2D eigenvalue weighted by atomic mass is 9.93. The smallest absolute Gasteiger partial charge is 0.117 e. The molecule has 1 aliphatic carbocycles. The molecular formula is C14H15NO2. The molecule has 0 radical (unpaired) electrons. The minimum absolute atomic E-state index is 0.290. The first kappa shape index (κ1) is 10.3. The van der Waals surface area contributed by atoms with Gasteiger partial charge in [-0.15, -0.1) is 0 Å². The quantitative estimate of drug-likeness (QED) is 0.828. The van der Waals surface area contributed by atoms with Crippen LogP contribution in [0, 0.1) is 0 Å². The van der Waals surface area contributed by atoms with Crippen LogP contribution in [0.5, 0.6) is 5.75 Å². The summed E-state index contributed by atoms with van der Waals surface area (Å²) in [5.41, 5.74) is 2.20. The third kappa shape index (κ3) is 2.00. The van der Waals surface area contributed by atoms with Gasteiger partial charge in [0, 0.05) is 23.7 Å². The number of rotatable bonds is 2. The number of nitrogens with one attached hydrogen (secondary N) is 1. The standard InChI is InChI=1S/C14H15NO2/c16-11-4-1-3-10(9-11)15-13-5-2-6-14-12(13)7-8-17-14/h1,3-4,7-9,13,15-16H,2,5-6H2. The minimum Gasteiger partial charge on any atom is -0.508 e. The third-order valence-electron chi connectivity index (χ3n) is 3.24. The summed E-state index contributed by atoms with van der Waals surface area (Å²) in [6, 6.07) is 9.56. The van der Waals surface area contributed by atoms with Gasteiger partial charge in [0.15, 0.2) is 0 Å². The van der Waals surface area contributed by atoms with E-state index < -0.39 is 0 Å². The first-order chi connectivity index (χ1) is 8.33. The maximum atomic E-state index is 9.44. The molecule has 0 spiro atoms. The Morgan fingerprint density at radius 2 is 2.24 bits per heavy atom. The zero-order valence-electron chi connectivity index (χ0n) is 9.52. The third-order valence-corrected chi connectivity index (χ3v) is 3.24. The van der Waals surface area contributed by atoms with E-state index in [9.17, 15) is 5.11 Å². The molecule has 2 aromatic rings. The summed E-state index contributed by atoms with van der Waals surface area (Å²) in [6.45, 7) is 0. The van der Waals surface area contributed by atoms with E-state index in [2.05, 4.69) is 5.32 Å². The Hall–Kier alpha value is -1.90. The van der Waals surface area contributed by atoms with E-state index in [-0.39, 0.29) is 0 Å². The zero-order chi connectivity index (χ0) is 11.7. The lowest BCUT2D eigenvalue weighted by Crippen LogP contribution is -2.15. The first-order valence-electron chi connectivity index (χ1n) is 5.95. The van der Waals surface area contributed by atoms with Crippen molar-refractivity contribution >= 4 is 5.69 Å². The van der Waals surface area contributed by atoms with Crippen molar-refractivity contribution in [3.05, 3.63) is 47.9 Å². The van der Waals surface area contributed by atoms with Crippen LogP contribution in [0.25, 0.3) is 0 Å². The number of phenolic OH excluding ortho intramolecular Hbond substituents is 1. The molecule has 17 heavy (non-hydrogen) atoms. The van der Waals surface area contributed by atoms with E-state index in [4.69, 9.17) is 4.42 Å². The number of aromatic hydroxyl groups is 1. The SMILES string of the molecule is Oc1cccc(NC2CCCc3occc32)c1. The van der Waals surface area contributed by atoms with Crippen molar-refractivity contribution in [2.45, 2.75) is 25.3 Å². The normalized spacial score (nSPS) is 18.7. The van der Waals surface area contributed by atoms with E-state index in [1.54, 1.807) is 18.4 Å². The van der Waals surface area contributed by atoms with Crippen LogP contribution in [0.1, 0.15) is 30.2 Å². The molecule has 1 aromatic carbocycles. The van der Waals surface area contributed by atoms with Crippen LogP contribution in [-0.2, 0) is 6.42 Å². The number of fused-ring (bicyclic) bond motifs is 1. The minimum atomic E-state index is 0.290. The van der Waals surface area contributed by atoms with Crippen LogP contribution in [0.3, 0.4) is 0 Å². The molecule has 0 aliphatic heterocycles. The van der Waals surface area contributed by atoms with Crippen LogP contribution in [0.15, 0.2) is 41.0 Å². The summed E-state index contributed by atoms with van der Waals surface area (Å²) in [5.74, 6) is 1.38. The van der Waals surface area contributed by atoms with Crippen LogP contribution in [-0.4, -0.2) is 5.11 Å². The van der Waals surface area contributed by atoms with Gasteiger partial charge < -0.3 is 14.8 Å². The Morgan fingerprint density at radius 1 is 1.29 bits per heavy atom. The van der Waals surface area contributed by atoms with Gasteiger partial charge in [-0.1, -0.05) is 6.07 Å². The Kier molecular flexibility index (Phi) is 2.52. The molecule has 88 valence electrons. The van der Waals surface area contributed by atoms with Gasteiger partial charge in [0.05, 0.1) is 12.3 Å². The van der Waals surface area contributed by atoms with Gasteiger partial charge in [-0.3, -0.25) is 0 Å². The molecular weight excluding hydrogens is 214 g/mol. The lowest BCUT2D eigenvalue weighted by Gasteiger charge is -2.23. The van der Waals surface area contributed by atoms with Gasteiger partial charge in [-0.25, -0.2) is 0 Å². The fraction of sp³-hybridized carbons (Fsp3) is 0.286. The maximum absolute atomic E-state index is 9.44. The molecule has 3 heteroatoms. The molecule has 0 saturated carbocycles. The number of hydrogen-bond donors (Lipinski definition) is 2. The van der Waals surface area contributed by atoms with Gasteiger partial charge in [-0.2, -0.15) is 0 Å². The topological polar surface area (TPSA) is 45.4 Å². The summed E-state index contributed by atoms with van der Waals surface area (Å²) in [5, 5.41) is 12.9. The van der Waals surface area contributed by atoms with E-state index in [1.165, 1.54) is 5.56 Å². The van der Waals surface area contributed by atoms with Gasteiger partial charge in [0.2, 0.25) is 0 Å². The number of furan rings is 1. The molecule has 1 aromatic heterocycles. The van der Waals surface area contributed by atoms with Gasteiger partial charge in [0.1, 0.15) is 11.5 Å². The average molecular weight is 229 g/mol. The molecule has 0 bridgehead atoms. The number of anilines is 1. The zero-order valence-corrected chi connectivity index (χ0v) is 9.52. The molecule has 1 atom stereocenters. The number of hydrogen-bond acceptors (Lipinski definition) is 3. The molecule has 3 rings (SSSR count). The highest BCUT2D eigenvalue weighted by molar-refractivity contribution is 5.50. The summed E-state index contributed by atoms with van der Waals surface area (Å²) in [6.07, 6.45) is 5.02. The highest BCUT2D eigenvalue weighted by atomic mass is 16.3. The van der Waals surface area contributed by atoms with Crippen molar-refractivity contribution in [3.63, 3.8) is 0 Å². The molecule has 0 saturated heterocycles. The predicted molar refractivity (Wildman–Crippen MR) is 66.1 cm³/mol. The maximum Gasteiger partial charge on any atom is 0.117 e.